The first-order valence-corrected chi connectivity index (χ1v) is 9.82. The van der Waals surface area contributed by atoms with Crippen molar-refractivity contribution in [3.8, 4) is 11.5 Å². The Hall–Kier alpha value is -3.02. The lowest BCUT2D eigenvalue weighted by molar-refractivity contribution is -0.274. The van der Waals surface area contributed by atoms with Crippen LogP contribution in [-0.2, 0) is 21.4 Å². The van der Waals surface area contributed by atoms with Crippen molar-refractivity contribution < 1.29 is 40.2 Å². The zero-order chi connectivity index (χ0) is 21.7. The third-order valence-electron chi connectivity index (χ3n) is 3.25. The van der Waals surface area contributed by atoms with Gasteiger partial charge in [0.2, 0.25) is 10.0 Å². The molecule has 2 aromatic rings. The van der Waals surface area contributed by atoms with Crippen molar-refractivity contribution >= 4 is 21.6 Å². The second-order valence-electron chi connectivity index (χ2n) is 5.77. The van der Waals surface area contributed by atoms with Gasteiger partial charge in [-0.2, -0.15) is 0 Å². The summed E-state index contributed by atoms with van der Waals surface area (Å²) in [6, 6.07) is 8.20. The Balaban J connectivity index is 1.82. The molecule has 0 fully saturated rings. The molecule has 0 saturated heterocycles. The summed E-state index contributed by atoms with van der Waals surface area (Å²) in [7, 11) is -3.62. The van der Waals surface area contributed by atoms with Crippen molar-refractivity contribution in [2.75, 3.05) is 17.6 Å². The number of nitrogens with one attached hydrogen (secondary N) is 2. The summed E-state index contributed by atoms with van der Waals surface area (Å²) in [5.74, 6) is -1.64. The number of carbonyl (C=O) groups is 1. The molecule has 0 atom stereocenters. The Labute approximate surface area is 163 Å². The van der Waals surface area contributed by atoms with Gasteiger partial charge in [-0.15, -0.1) is 13.2 Å². The minimum Gasteiger partial charge on any atom is -0.484 e. The molecule has 0 aliphatic heterocycles. The van der Waals surface area contributed by atoms with Crippen LogP contribution in [0.5, 0.6) is 11.5 Å². The highest BCUT2D eigenvalue weighted by atomic mass is 32.2. The van der Waals surface area contributed by atoms with Crippen LogP contribution in [0.1, 0.15) is 5.56 Å². The second kappa shape index (κ2) is 8.99. The molecule has 29 heavy (non-hydrogen) atoms. The van der Waals surface area contributed by atoms with Gasteiger partial charge in [0.05, 0.1) is 11.9 Å². The summed E-state index contributed by atoms with van der Waals surface area (Å²) in [6.45, 7) is -0.466. The molecule has 0 aliphatic carbocycles. The molecule has 0 aliphatic rings. The largest absolute Gasteiger partial charge is 0.573 e. The van der Waals surface area contributed by atoms with Crippen LogP contribution in [0, 0.1) is 5.82 Å². The van der Waals surface area contributed by atoms with Crippen molar-refractivity contribution in [1.29, 1.82) is 0 Å². The highest BCUT2D eigenvalue weighted by molar-refractivity contribution is 7.92. The van der Waals surface area contributed by atoms with E-state index in [1.54, 1.807) is 0 Å². The van der Waals surface area contributed by atoms with Gasteiger partial charge in [0, 0.05) is 6.54 Å². The Kier molecular flexibility index (Phi) is 6.90. The standard InChI is InChI=1S/C17H16F4N2O5S/c1-29(25,26)23-15-7-2-11(8-14(15)18)9-22-16(24)10-27-12-3-5-13(6-4-12)28-17(19,20)21/h2-8,23H,9-10H2,1H3,(H,22,24). The van der Waals surface area contributed by atoms with Gasteiger partial charge in [-0.05, 0) is 42.0 Å². The summed E-state index contributed by atoms with van der Waals surface area (Å²) in [5.41, 5.74) is 0.160. The third-order valence-corrected chi connectivity index (χ3v) is 3.84. The van der Waals surface area contributed by atoms with E-state index in [0.717, 1.165) is 24.5 Å². The van der Waals surface area contributed by atoms with E-state index in [9.17, 15) is 30.8 Å². The number of amides is 1. The minimum atomic E-state index is -4.80. The van der Waals surface area contributed by atoms with Gasteiger partial charge in [-0.1, -0.05) is 6.07 Å². The predicted molar refractivity (Wildman–Crippen MR) is 95.3 cm³/mol. The molecule has 12 heteroatoms. The number of carbonyl (C=O) groups excluding carboxylic acids is 1. The van der Waals surface area contributed by atoms with Crippen molar-refractivity contribution in [3.05, 3.63) is 53.8 Å². The lowest BCUT2D eigenvalue weighted by Crippen LogP contribution is -2.28. The Bertz CT molecular complexity index is 963. The van der Waals surface area contributed by atoms with Gasteiger partial charge >= 0.3 is 6.36 Å². The summed E-state index contributed by atoms with van der Waals surface area (Å²) in [6.07, 6.45) is -3.92. The molecule has 0 saturated carbocycles. The fourth-order valence-corrected chi connectivity index (χ4v) is 2.65. The number of hydrogen-bond donors (Lipinski definition) is 2. The van der Waals surface area contributed by atoms with E-state index in [1.807, 2.05) is 4.72 Å². The number of anilines is 1. The maximum absolute atomic E-state index is 13.9. The lowest BCUT2D eigenvalue weighted by Gasteiger charge is -2.11. The number of rotatable bonds is 8. The molecular weight excluding hydrogens is 420 g/mol. The van der Waals surface area contributed by atoms with Gasteiger partial charge in [0.25, 0.3) is 5.91 Å². The molecule has 7 nitrogen and oxygen atoms in total. The van der Waals surface area contributed by atoms with Crippen LogP contribution >= 0.6 is 0 Å². The van der Waals surface area contributed by atoms with Crippen LogP contribution in [-0.4, -0.2) is 33.5 Å². The summed E-state index contributed by atoms with van der Waals surface area (Å²) in [5, 5.41) is 2.46. The zero-order valence-electron chi connectivity index (χ0n) is 14.9. The molecule has 0 unspecified atom stereocenters. The summed E-state index contributed by atoms with van der Waals surface area (Å²) in [4.78, 5) is 11.8. The molecule has 2 rings (SSSR count). The van der Waals surface area contributed by atoms with E-state index in [4.69, 9.17) is 4.74 Å². The van der Waals surface area contributed by atoms with Crippen molar-refractivity contribution in [2.24, 2.45) is 0 Å². The monoisotopic (exact) mass is 436 g/mol. The van der Waals surface area contributed by atoms with Gasteiger partial charge in [0.1, 0.15) is 17.3 Å². The normalized spacial score (nSPS) is 11.6. The van der Waals surface area contributed by atoms with Crippen LogP contribution in [0.25, 0.3) is 0 Å². The Morgan fingerprint density at radius 3 is 2.24 bits per heavy atom. The highest BCUT2D eigenvalue weighted by Crippen LogP contribution is 2.24. The molecular formula is C17H16F4N2O5S. The van der Waals surface area contributed by atoms with E-state index in [0.29, 0.717) is 5.56 Å². The van der Waals surface area contributed by atoms with E-state index in [-0.39, 0.29) is 18.0 Å². The van der Waals surface area contributed by atoms with Crippen molar-refractivity contribution in [2.45, 2.75) is 12.9 Å². The average Bonchev–Trinajstić information content (AvgIpc) is 2.59. The van der Waals surface area contributed by atoms with Crippen LogP contribution in [0.4, 0.5) is 23.2 Å². The molecule has 158 valence electrons. The van der Waals surface area contributed by atoms with Gasteiger partial charge in [-0.25, -0.2) is 12.8 Å². The fourth-order valence-electron chi connectivity index (χ4n) is 2.09. The summed E-state index contributed by atoms with van der Waals surface area (Å²) < 4.78 is 83.2. The molecule has 1 amide bonds. The van der Waals surface area contributed by atoms with E-state index in [1.165, 1.54) is 24.3 Å². The van der Waals surface area contributed by atoms with Crippen molar-refractivity contribution in [1.82, 2.24) is 5.32 Å². The maximum Gasteiger partial charge on any atom is 0.573 e. The number of halogens is 4. The van der Waals surface area contributed by atoms with Crippen LogP contribution in [0.15, 0.2) is 42.5 Å². The lowest BCUT2D eigenvalue weighted by atomic mass is 10.2. The first kappa shape index (κ1) is 22.3. The molecule has 0 aromatic heterocycles. The first-order valence-electron chi connectivity index (χ1n) is 7.93. The molecule has 0 bridgehead atoms. The SMILES string of the molecule is CS(=O)(=O)Nc1ccc(CNC(=O)COc2ccc(OC(F)(F)F)cc2)cc1F. The van der Waals surface area contributed by atoms with Crippen LogP contribution in [0.2, 0.25) is 0 Å². The molecule has 0 radical (unpaired) electrons. The Morgan fingerprint density at radius 2 is 1.69 bits per heavy atom. The summed E-state index contributed by atoms with van der Waals surface area (Å²) >= 11 is 0. The van der Waals surface area contributed by atoms with Crippen LogP contribution < -0.4 is 19.5 Å². The van der Waals surface area contributed by atoms with Gasteiger partial charge in [0.15, 0.2) is 6.61 Å². The van der Waals surface area contributed by atoms with E-state index >= 15 is 0 Å². The quantitative estimate of drug-likeness (QED) is 0.621. The molecule has 2 aromatic carbocycles. The van der Waals surface area contributed by atoms with Crippen molar-refractivity contribution in [3.63, 3.8) is 0 Å². The first-order chi connectivity index (χ1) is 13.4. The number of hydrogen-bond acceptors (Lipinski definition) is 5. The maximum atomic E-state index is 13.9. The highest BCUT2D eigenvalue weighted by Gasteiger charge is 2.30. The number of ether oxygens (including phenoxy) is 2. The molecule has 0 heterocycles. The third kappa shape index (κ3) is 8.25. The second-order valence-corrected chi connectivity index (χ2v) is 7.52. The van der Waals surface area contributed by atoms with E-state index in [2.05, 4.69) is 10.1 Å². The predicted octanol–water partition coefficient (Wildman–Crippen LogP) is 2.79. The van der Waals surface area contributed by atoms with E-state index < -0.39 is 40.5 Å². The Morgan fingerprint density at radius 1 is 1.07 bits per heavy atom. The van der Waals surface area contributed by atoms with Gasteiger partial charge < -0.3 is 14.8 Å². The average molecular weight is 436 g/mol. The topological polar surface area (TPSA) is 93.7 Å². The van der Waals surface area contributed by atoms with Crippen LogP contribution in [0.3, 0.4) is 0 Å². The minimum absolute atomic E-state index is 0.0450. The number of alkyl halides is 3. The zero-order valence-corrected chi connectivity index (χ0v) is 15.7. The fraction of sp³-hybridized carbons (Fsp3) is 0.235. The number of benzene rings is 2. The smallest absolute Gasteiger partial charge is 0.484 e. The number of sulfonamides is 1. The molecule has 0 spiro atoms. The molecule has 2 N–H and O–H groups in total. The van der Waals surface area contributed by atoms with Gasteiger partial charge in [-0.3, -0.25) is 9.52 Å².